The molecule has 0 unspecified atom stereocenters. The first kappa shape index (κ1) is 21.9. The minimum Gasteiger partial charge on any atom is -0.326 e. The number of anilines is 1. The van der Waals surface area contributed by atoms with E-state index in [1.54, 1.807) is 19.1 Å². The van der Waals surface area contributed by atoms with Crippen LogP contribution in [0.25, 0.3) is 0 Å². The van der Waals surface area contributed by atoms with E-state index in [1.165, 1.54) is 12.1 Å². The number of rotatable bonds is 7. The lowest BCUT2D eigenvalue weighted by Gasteiger charge is -2.16. The van der Waals surface area contributed by atoms with E-state index >= 15 is 0 Å². The Morgan fingerprint density at radius 1 is 1.07 bits per heavy atom. The SMILES string of the molecule is CC[C@@H](CC(=O)Nc1ccc(C(F)(F)F)cc1)OS(=O)(=O)c1ccc(C)cc1. The lowest BCUT2D eigenvalue weighted by Crippen LogP contribution is -2.24. The van der Waals surface area contributed by atoms with Crippen molar-refractivity contribution in [3.63, 3.8) is 0 Å². The summed E-state index contributed by atoms with van der Waals surface area (Å²) in [5.41, 5.74) is 0.237. The number of hydrogen-bond donors (Lipinski definition) is 1. The maximum atomic E-state index is 12.6. The van der Waals surface area contributed by atoms with Crippen molar-refractivity contribution >= 4 is 21.7 Å². The van der Waals surface area contributed by atoms with Crippen molar-refractivity contribution in [1.82, 2.24) is 0 Å². The van der Waals surface area contributed by atoms with E-state index in [0.29, 0.717) is 0 Å². The molecule has 0 aliphatic rings. The lowest BCUT2D eigenvalue weighted by atomic mass is 10.1. The third-order valence-electron chi connectivity index (χ3n) is 3.94. The summed E-state index contributed by atoms with van der Waals surface area (Å²) in [6, 6.07) is 10.1. The number of halogens is 3. The highest BCUT2D eigenvalue weighted by atomic mass is 32.2. The van der Waals surface area contributed by atoms with Crippen molar-refractivity contribution in [3.8, 4) is 0 Å². The van der Waals surface area contributed by atoms with E-state index in [9.17, 15) is 26.4 Å². The number of amides is 1. The molecule has 0 spiro atoms. The van der Waals surface area contributed by atoms with Gasteiger partial charge in [0.2, 0.25) is 5.91 Å². The first-order chi connectivity index (χ1) is 13.0. The molecule has 2 aromatic rings. The zero-order chi connectivity index (χ0) is 20.9. The molecule has 2 aromatic carbocycles. The molecule has 2 rings (SSSR count). The van der Waals surface area contributed by atoms with Crippen molar-refractivity contribution in [2.24, 2.45) is 0 Å². The van der Waals surface area contributed by atoms with Crippen LogP contribution in [-0.2, 0) is 25.3 Å². The van der Waals surface area contributed by atoms with Crippen LogP contribution in [0, 0.1) is 6.92 Å². The highest BCUT2D eigenvalue weighted by Crippen LogP contribution is 2.29. The average Bonchev–Trinajstić information content (AvgIpc) is 2.61. The van der Waals surface area contributed by atoms with Crippen LogP contribution >= 0.6 is 0 Å². The molecule has 0 radical (unpaired) electrons. The van der Waals surface area contributed by atoms with E-state index in [-0.39, 0.29) is 23.4 Å². The Bertz CT molecular complexity index is 908. The van der Waals surface area contributed by atoms with Crippen LogP contribution in [0.15, 0.2) is 53.4 Å². The zero-order valence-electron chi connectivity index (χ0n) is 15.3. The Labute approximate surface area is 161 Å². The van der Waals surface area contributed by atoms with E-state index < -0.39 is 33.9 Å². The lowest BCUT2D eigenvalue weighted by molar-refractivity contribution is -0.137. The average molecular weight is 415 g/mol. The summed E-state index contributed by atoms with van der Waals surface area (Å²) in [4.78, 5) is 12.1. The maximum Gasteiger partial charge on any atom is 0.416 e. The monoisotopic (exact) mass is 415 g/mol. The Morgan fingerprint density at radius 3 is 2.14 bits per heavy atom. The van der Waals surface area contributed by atoms with Crippen LogP contribution in [0.4, 0.5) is 18.9 Å². The Morgan fingerprint density at radius 2 is 1.64 bits per heavy atom. The van der Waals surface area contributed by atoms with Gasteiger partial charge in [0.1, 0.15) is 0 Å². The first-order valence-electron chi connectivity index (χ1n) is 8.48. The summed E-state index contributed by atoms with van der Waals surface area (Å²) < 4.78 is 67.5. The second-order valence-electron chi connectivity index (χ2n) is 6.22. The molecule has 0 aliphatic carbocycles. The number of aryl methyl sites for hydroxylation is 1. The number of alkyl halides is 3. The van der Waals surface area contributed by atoms with Gasteiger partial charge in [0.05, 0.1) is 23.0 Å². The highest BCUT2D eigenvalue weighted by Gasteiger charge is 2.30. The molecule has 0 fully saturated rings. The topological polar surface area (TPSA) is 72.5 Å². The molecule has 0 heterocycles. The van der Waals surface area contributed by atoms with Crippen LogP contribution < -0.4 is 5.32 Å². The van der Waals surface area contributed by atoms with Crippen LogP contribution in [0.3, 0.4) is 0 Å². The smallest absolute Gasteiger partial charge is 0.326 e. The molecule has 1 amide bonds. The molecule has 0 saturated carbocycles. The highest BCUT2D eigenvalue weighted by molar-refractivity contribution is 7.86. The van der Waals surface area contributed by atoms with Gasteiger partial charge in [-0.3, -0.25) is 8.98 Å². The first-order valence-corrected chi connectivity index (χ1v) is 9.89. The minimum absolute atomic E-state index is 0.0142. The molecule has 1 N–H and O–H groups in total. The number of carbonyl (C=O) groups is 1. The van der Waals surface area contributed by atoms with Crippen molar-refractivity contribution in [1.29, 1.82) is 0 Å². The summed E-state index contributed by atoms with van der Waals surface area (Å²) in [6.45, 7) is 3.48. The molecular weight excluding hydrogens is 395 g/mol. The van der Waals surface area contributed by atoms with Crippen LogP contribution in [-0.4, -0.2) is 20.4 Å². The van der Waals surface area contributed by atoms with Gasteiger partial charge in [0, 0.05) is 5.69 Å². The minimum atomic E-state index is -4.46. The fourth-order valence-corrected chi connectivity index (χ4v) is 3.49. The molecule has 9 heteroatoms. The van der Waals surface area contributed by atoms with Crippen molar-refractivity contribution in [2.75, 3.05) is 5.32 Å². The van der Waals surface area contributed by atoms with Gasteiger partial charge < -0.3 is 5.32 Å². The molecule has 0 aromatic heterocycles. The largest absolute Gasteiger partial charge is 0.416 e. The van der Waals surface area contributed by atoms with Crippen LogP contribution in [0.2, 0.25) is 0 Å². The van der Waals surface area contributed by atoms with Gasteiger partial charge in [-0.15, -0.1) is 0 Å². The quantitative estimate of drug-likeness (QED) is 0.675. The fraction of sp³-hybridized carbons (Fsp3) is 0.316. The van der Waals surface area contributed by atoms with Gasteiger partial charge in [-0.05, 0) is 49.7 Å². The molecule has 152 valence electrons. The molecule has 0 aliphatic heterocycles. The molecule has 28 heavy (non-hydrogen) atoms. The molecule has 1 atom stereocenters. The number of hydrogen-bond acceptors (Lipinski definition) is 4. The Kier molecular flexibility index (Phi) is 6.84. The molecule has 5 nitrogen and oxygen atoms in total. The van der Waals surface area contributed by atoms with Gasteiger partial charge in [-0.2, -0.15) is 21.6 Å². The number of nitrogens with one attached hydrogen (secondary N) is 1. The van der Waals surface area contributed by atoms with Gasteiger partial charge in [0.25, 0.3) is 10.1 Å². The summed E-state index contributed by atoms with van der Waals surface area (Å²) in [7, 11) is -4.03. The summed E-state index contributed by atoms with van der Waals surface area (Å²) in [5.74, 6) is -0.564. The third kappa shape index (κ3) is 6.07. The third-order valence-corrected chi connectivity index (χ3v) is 5.31. The van der Waals surface area contributed by atoms with Crippen molar-refractivity contribution < 1.29 is 30.6 Å². The standard InChI is InChI=1S/C19H20F3NO4S/c1-3-16(27-28(25,26)17-10-4-13(2)5-11-17)12-18(24)23-15-8-6-14(7-9-15)19(20,21)22/h4-11,16H,3,12H2,1-2H3,(H,23,24)/t16-/m0/s1. The second kappa shape index (κ2) is 8.74. The summed E-state index contributed by atoms with van der Waals surface area (Å²) in [5, 5.41) is 2.44. The van der Waals surface area contributed by atoms with Crippen molar-refractivity contribution in [3.05, 3.63) is 59.7 Å². The van der Waals surface area contributed by atoms with E-state index in [0.717, 1.165) is 29.8 Å². The van der Waals surface area contributed by atoms with Gasteiger partial charge >= 0.3 is 6.18 Å². The summed E-state index contributed by atoms with van der Waals surface area (Å²) >= 11 is 0. The normalized spacial score (nSPS) is 13.2. The summed E-state index contributed by atoms with van der Waals surface area (Å²) in [6.07, 6.45) is -5.37. The van der Waals surface area contributed by atoms with E-state index in [4.69, 9.17) is 4.18 Å². The Balaban J connectivity index is 2.00. The van der Waals surface area contributed by atoms with Crippen LogP contribution in [0.1, 0.15) is 30.9 Å². The van der Waals surface area contributed by atoms with E-state index in [2.05, 4.69) is 5.32 Å². The molecule has 0 saturated heterocycles. The van der Waals surface area contributed by atoms with Crippen LogP contribution in [0.5, 0.6) is 0 Å². The fourth-order valence-electron chi connectivity index (χ4n) is 2.35. The second-order valence-corrected chi connectivity index (χ2v) is 7.79. The van der Waals surface area contributed by atoms with Gasteiger partial charge in [0.15, 0.2) is 0 Å². The van der Waals surface area contributed by atoms with Crippen molar-refractivity contribution in [2.45, 2.75) is 43.9 Å². The van der Waals surface area contributed by atoms with Gasteiger partial charge in [-0.1, -0.05) is 24.6 Å². The number of benzene rings is 2. The molecule has 0 bridgehead atoms. The molecular formula is C19H20F3NO4S. The van der Waals surface area contributed by atoms with Gasteiger partial charge in [-0.25, -0.2) is 0 Å². The van der Waals surface area contributed by atoms with E-state index in [1.807, 2.05) is 6.92 Å². The predicted molar refractivity (Wildman–Crippen MR) is 98.2 cm³/mol. The zero-order valence-corrected chi connectivity index (χ0v) is 16.1. The Hall–Kier alpha value is -2.39. The maximum absolute atomic E-state index is 12.6. The number of carbonyl (C=O) groups excluding carboxylic acids is 1. The predicted octanol–water partition coefficient (Wildman–Crippen LogP) is 4.53.